The second-order valence-corrected chi connectivity index (χ2v) is 6.02. The van der Waals surface area contributed by atoms with Crippen LogP contribution in [0.25, 0.3) is 11.3 Å². The molecule has 2 rings (SSSR count). The standard InChI is InChI=1S/C15H17ClN2O2S/c1-4-20-15(19)12-14(21-5-2)13(18(3)17-12)10-7-6-8-11(16)9-10/h6-9H,4-5H2,1-3H3. The zero-order chi connectivity index (χ0) is 15.4. The van der Waals surface area contributed by atoms with Crippen molar-refractivity contribution in [2.45, 2.75) is 18.7 Å². The first-order chi connectivity index (χ1) is 10.1. The molecule has 0 fully saturated rings. The molecule has 0 aliphatic rings. The van der Waals surface area contributed by atoms with Crippen LogP contribution in [0.3, 0.4) is 0 Å². The van der Waals surface area contributed by atoms with Crippen LogP contribution in [0.1, 0.15) is 24.3 Å². The number of hydrogen-bond donors (Lipinski definition) is 0. The van der Waals surface area contributed by atoms with Crippen molar-refractivity contribution in [3.05, 3.63) is 35.0 Å². The van der Waals surface area contributed by atoms with Crippen molar-refractivity contribution in [1.29, 1.82) is 0 Å². The number of esters is 1. The van der Waals surface area contributed by atoms with Gasteiger partial charge in [-0.05, 0) is 24.8 Å². The normalized spacial score (nSPS) is 10.7. The predicted octanol–water partition coefficient (Wildman–Crippen LogP) is 4.03. The summed E-state index contributed by atoms with van der Waals surface area (Å²) in [6, 6.07) is 7.53. The van der Waals surface area contributed by atoms with Gasteiger partial charge >= 0.3 is 5.97 Å². The Hall–Kier alpha value is -1.46. The predicted molar refractivity (Wildman–Crippen MR) is 86.0 cm³/mol. The minimum atomic E-state index is -0.391. The first-order valence-electron chi connectivity index (χ1n) is 6.71. The quantitative estimate of drug-likeness (QED) is 0.615. The summed E-state index contributed by atoms with van der Waals surface area (Å²) < 4.78 is 6.79. The van der Waals surface area contributed by atoms with Gasteiger partial charge in [-0.15, -0.1) is 11.8 Å². The first-order valence-corrected chi connectivity index (χ1v) is 8.07. The largest absolute Gasteiger partial charge is 0.461 e. The molecule has 1 heterocycles. The van der Waals surface area contributed by atoms with Crippen LogP contribution < -0.4 is 0 Å². The van der Waals surface area contributed by atoms with Crippen molar-refractivity contribution in [2.75, 3.05) is 12.4 Å². The molecule has 21 heavy (non-hydrogen) atoms. The van der Waals surface area contributed by atoms with E-state index in [4.69, 9.17) is 16.3 Å². The van der Waals surface area contributed by atoms with Gasteiger partial charge in [0.25, 0.3) is 0 Å². The Morgan fingerprint density at radius 1 is 1.43 bits per heavy atom. The van der Waals surface area contributed by atoms with E-state index in [1.54, 1.807) is 23.4 Å². The van der Waals surface area contributed by atoms with Crippen LogP contribution in [-0.4, -0.2) is 28.1 Å². The van der Waals surface area contributed by atoms with E-state index in [-0.39, 0.29) is 0 Å². The summed E-state index contributed by atoms with van der Waals surface area (Å²) in [6.07, 6.45) is 0. The maximum atomic E-state index is 12.1. The number of halogens is 1. The van der Waals surface area contributed by atoms with E-state index in [9.17, 15) is 4.79 Å². The molecule has 0 saturated carbocycles. The number of aryl methyl sites for hydroxylation is 1. The molecule has 0 N–H and O–H groups in total. The fourth-order valence-corrected chi connectivity index (χ4v) is 3.20. The summed E-state index contributed by atoms with van der Waals surface area (Å²) in [5, 5.41) is 4.98. The Morgan fingerprint density at radius 3 is 2.81 bits per heavy atom. The van der Waals surface area contributed by atoms with Crippen LogP contribution in [0.2, 0.25) is 5.02 Å². The lowest BCUT2D eigenvalue weighted by atomic mass is 10.1. The lowest BCUT2D eigenvalue weighted by Crippen LogP contribution is -2.07. The first kappa shape index (κ1) is 15.9. The molecule has 0 amide bonds. The van der Waals surface area contributed by atoms with Crippen molar-refractivity contribution >= 4 is 29.3 Å². The fourth-order valence-electron chi connectivity index (χ4n) is 2.07. The highest BCUT2D eigenvalue weighted by Gasteiger charge is 2.23. The molecule has 0 aliphatic heterocycles. The molecule has 0 atom stereocenters. The van der Waals surface area contributed by atoms with Gasteiger partial charge in [-0.3, -0.25) is 4.68 Å². The Balaban J connectivity index is 2.57. The number of carbonyl (C=O) groups is 1. The second-order valence-electron chi connectivity index (χ2n) is 4.31. The van der Waals surface area contributed by atoms with Gasteiger partial charge in [-0.2, -0.15) is 5.10 Å². The number of thioether (sulfide) groups is 1. The third-order valence-corrected chi connectivity index (χ3v) is 4.06. The Bertz CT molecular complexity index is 655. The summed E-state index contributed by atoms with van der Waals surface area (Å²) in [5.41, 5.74) is 2.18. The molecule has 0 aliphatic carbocycles. The molecule has 4 nitrogen and oxygen atoms in total. The van der Waals surface area contributed by atoms with Crippen molar-refractivity contribution in [1.82, 2.24) is 9.78 Å². The van der Waals surface area contributed by atoms with E-state index >= 15 is 0 Å². The minimum absolute atomic E-state index is 0.331. The van der Waals surface area contributed by atoms with E-state index in [0.717, 1.165) is 21.9 Å². The van der Waals surface area contributed by atoms with Crippen LogP contribution in [0.15, 0.2) is 29.2 Å². The third kappa shape index (κ3) is 3.41. The van der Waals surface area contributed by atoms with Crippen molar-refractivity contribution in [2.24, 2.45) is 7.05 Å². The molecule has 0 saturated heterocycles. The summed E-state index contributed by atoms with van der Waals surface area (Å²) in [4.78, 5) is 12.9. The molecule has 1 aromatic carbocycles. The maximum Gasteiger partial charge on any atom is 0.360 e. The monoisotopic (exact) mass is 324 g/mol. The van der Waals surface area contributed by atoms with E-state index in [1.165, 1.54) is 0 Å². The molecule has 6 heteroatoms. The molecule has 112 valence electrons. The highest BCUT2D eigenvalue weighted by molar-refractivity contribution is 7.99. The topological polar surface area (TPSA) is 44.1 Å². The van der Waals surface area contributed by atoms with Gasteiger partial charge in [0.05, 0.1) is 17.2 Å². The average molecular weight is 325 g/mol. The van der Waals surface area contributed by atoms with Gasteiger partial charge in [0.15, 0.2) is 5.69 Å². The Labute approximate surface area is 133 Å². The summed E-state index contributed by atoms with van der Waals surface area (Å²) in [6.45, 7) is 4.15. The van der Waals surface area contributed by atoms with Crippen molar-refractivity contribution < 1.29 is 9.53 Å². The second kappa shape index (κ2) is 7.00. The minimum Gasteiger partial charge on any atom is -0.461 e. The number of ether oxygens (including phenoxy) is 1. The highest BCUT2D eigenvalue weighted by atomic mass is 35.5. The zero-order valence-electron chi connectivity index (χ0n) is 12.2. The average Bonchev–Trinajstić information content (AvgIpc) is 2.76. The summed E-state index contributed by atoms with van der Waals surface area (Å²) >= 11 is 7.64. The Kier molecular flexibility index (Phi) is 5.31. The van der Waals surface area contributed by atoms with Gasteiger partial charge in [-0.1, -0.05) is 30.7 Å². The highest BCUT2D eigenvalue weighted by Crippen LogP contribution is 2.35. The smallest absolute Gasteiger partial charge is 0.360 e. The molecule has 0 unspecified atom stereocenters. The lowest BCUT2D eigenvalue weighted by molar-refractivity contribution is 0.0514. The number of nitrogens with zero attached hydrogens (tertiary/aromatic N) is 2. The van der Waals surface area contributed by atoms with Crippen LogP contribution in [0.4, 0.5) is 0 Å². The molecular weight excluding hydrogens is 308 g/mol. The lowest BCUT2D eigenvalue weighted by Gasteiger charge is -2.06. The summed E-state index contributed by atoms with van der Waals surface area (Å²) in [5.74, 6) is 0.448. The van der Waals surface area contributed by atoms with Gasteiger partial charge < -0.3 is 4.74 Å². The van der Waals surface area contributed by atoms with Gasteiger partial charge in [0.2, 0.25) is 0 Å². The summed E-state index contributed by atoms with van der Waals surface area (Å²) in [7, 11) is 1.82. The number of aromatic nitrogens is 2. The third-order valence-electron chi connectivity index (χ3n) is 2.86. The van der Waals surface area contributed by atoms with Gasteiger partial charge in [-0.25, -0.2) is 4.79 Å². The molecule has 2 aromatic rings. The van der Waals surface area contributed by atoms with E-state index in [0.29, 0.717) is 17.3 Å². The molecule has 0 radical (unpaired) electrons. The van der Waals surface area contributed by atoms with E-state index in [1.807, 2.05) is 38.2 Å². The molecule has 0 spiro atoms. The fraction of sp³-hybridized carbons (Fsp3) is 0.333. The van der Waals surface area contributed by atoms with Crippen LogP contribution in [0.5, 0.6) is 0 Å². The number of rotatable bonds is 5. The van der Waals surface area contributed by atoms with Crippen molar-refractivity contribution in [3.63, 3.8) is 0 Å². The number of hydrogen-bond acceptors (Lipinski definition) is 4. The Morgan fingerprint density at radius 2 is 2.19 bits per heavy atom. The van der Waals surface area contributed by atoms with E-state index < -0.39 is 5.97 Å². The molecule has 1 aromatic heterocycles. The number of benzene rings is 1. The molecule has 0 bridgehead atoms. The SMILES string of the molecule is CCOC(=O)c1nn(C)c(-c2cccc(Cl)c2)c1SCC. The van der Waals surface area contributed by atoms with Crippen LogP contribution in [-0.2, 0) is 11.8 Å². The van der Waals surface area contributed by atoms with Gasteiger partial charge in [0.1, 0.15) is 0 Å². The van der Waals surface area contributed by atoms with E-state index in [2.05, 4.69) is 5.10 Å². The maximum absolute atomic E-state index is 12.1. The zero-order valence-corrected chi connectivity index (χ0v) is 13.8. The van der Waals surface area contributed by atoms with Crippen LogP contribution in [0, 0.1) is 0 Å². The van der Waals surface area contributed by atoms with Gasteiger partial charge in [0, 0.05) is 17.6 Å². The van der Waals surface area contributed by atoms with Crippen molar-refractivity contribution in [3.8, 4) is 11.3 Å². The molecular formula is C15H17ClN2O2S. The van der Waals surface area contributed by atoms with Crippen LogP contribution >= 0.6 is 23.4 Å². The number of carbonyl (C=O) groups excluding carboxylic acids is 1.